The first-order chi connectivity index (χ1) is 8.77. The topological polar surface area (TPSA) is 127 Å². The van der Waals surface area contributed by atoms with Gasteiger partial charge in [-0.2, -0.15) is 0 Å². The van der Waals surface area contributed by atoms with Crippen molar-refractivity contribution in [1.82, 2.24) is 0 Å². The molecular formula is C11H12LiNO6S. The van der Waals surface area contributed by atoms with Gasteiger partial charge in [0.15, 0.2) is 9.84 Å². The van der Waals surface area contributed by atoms with Gasteiger partial charge in [0.25, 0.3) is 0 Å². The smallest absolute Gasteiger partial charge is 0.862 e. The third-order valence-corrected chi connectivity index (χ3v) is 3.89. The van der Waals surface area contributed by atoms with E-state index in [1.165, 1.54) is 0 Å². The molecule has 0 unspecified atom stereocenters. The van der Waals surface area contributed by atoms with Crippen molar-refractivity contribution in [3.63, 3.8) is 0 Å². The van der Waals surface area contributed by atoms with Gasteiger partial charge in [-0.3, -0.25) is 4.99 Å². The van der Waals surface area contributed by atoms with E-state index in [9.17, 15) is 18.3 Å². The van der Waals surface area contributed by atoms with Gasteiger partial charge >= 0.3 is 24.8 Å². The maximum Gasteiger partial charge on any atom is 1.00 e. The number of sulfone groups is 1. The number of benzene rings is 1. The average molecular weight is 293 g/mol. The molecule has 0 saturated heterocycles. The first kappa shape index (κ1) is 18.7. The number of aliphatic imine (C=N–C) groups is 1. The zero-order valence-electron chi connectivity index (χ0n) is 11.0. The van der Waals surface area contributed by atoms with Crippen LogP contribution in [0.3, 0.4) is 0 Å². The Balaban J connectivity index is 0.00000361. The summed E-state index contributed by atoms with van der Waals surface area (Å²) in [7, 11) is -3.73. The van der Waals surface area contributed by atoms with Gasteiger partial charge in [0.05, 0.1) is 28.5 Å². The number of nitrogens with zero attached hydrogens (tertiary/aromatic N) is 1. The predicted molar refractivity (Wildman–Crippen MR) is 65.3 cm³/mol. The van der Waals surface area contributed by atoms with Gasteiger partial charge in [-0.15, -0.1) is 0 Å². The van der Waals surface area contributed by atoms with Crippen LogP contribution in [0.1, 0.15) is 17.3 Å². The van der Waals surface area contributed by atoms with E-state index in [0.29, 0.717) is 0 Å². The second-order valence-electron chi connectivity index (χ2n) is 3.66. The SMILES string of the molecule is CC([O-])=Nc1cc(S(=O)(=O)CCO)ccc1C(=O)O.[Li+]. The number of carbonyl (C=O) groups is 1. The number of aliphatic hydroxyl groups is 1. The van der Waals surface area contributed by atoms with Crippen molar-refractivity contribution in [1.29, 1.82) is 0 Å². The molecule has 9 heteroatoms. The van der Waals surface area contributed by atoms with Gasteiger partial charge in [-0.25, -0.2) is 13.2 Å². The van der Waals surface area contributed by atoms with Crippen LogP contribution >= 0.6 is 0 Å². The molecule has 0 fully saturated rings. The van der Waals surface area contributed by atoms with Crippen LogP contribution in [-0.2, 0) is 9.84 Å². The van der Waals surface area contributed by atoms with Crippen LogP contribution in [0.15, 0.2) is 28.1 Å². The number of aromatic carboxylic acids is 1. The van der Waals surface area contributed by atoms with E-state index in [4.69, 9.17) is 10.2 Å². The molecule has 0 radical (unpaired) electrons. The molecule has 0 aliphatic heterocycles. The molecule has 0 aliphatic carbocycles. The van der Waals surface area contributed by atoms with Crippen molar-refractivity contribution in [3.05, 3.63) is 23.8 Å². The summed E-state index contributed by atoms with van der Waals surface area (Å²) in [5.74, 6) is -2.44. The molecule has 1 aromatic rings. The summed E-state index contributed by atoms with van der Waals surface area (Å²) in [6.45, 7) is 0.572. The normalized spacial score (nSPS) is 11.8. The zero-order chi connectivity index (χ0) is 14.6. The first-order valence-electron chi connectivity index (χ1n) is 5.21. The molecule has 0 aromatic heterocycles. The minimum atomic E-state index is -3.73. The van der Waals surface area contributed by atoms with E-state index >= 15 is 0 Å². The Hall–Kier alpha value is -1.33. The quantitative estimate of drug-likeness (QED) is 0.330. The van der Waals surface area contributed by atoms with Crippen molar-refractivity contribution in [2.75, 3.05) is 12.4 Å². The van der Waals surface area contributed by atoms with Crippen LogP contribution in [0.25, 0.3) is 0 Å². The summed E-state index contributed by atoms with van der Waals surface area (Å²) < 4.78 is 23.4. The van der Waals surface area contributed by atoms with E-state index < -0.39 is 34.1 Å². The number of hydrogen-bond acceptors (Lipinski definition) is 6. The van der Waals surface area contributed by atoms with E-state index in [-0.39, 0.29) is 35.0 Å². The Kier molecular flexibility index (Phi) is 6.95. The van der Waals surface area contributed by atoms with Crippen molar-refractivity contribution < 1.29 is 47.4 Å². The summed E-state index contributed by atoms with van der Waals surface area (Å²) in [5.41, 5.74) is -0.489. The summed E-state index contributed by atoms with van der Waals surface area (Å²) in [4.78, 5) is 14.2. The molecule has 2 N–H and O–H groups in total. The number of carboxylic acids is 1. The molecule has 0 aliphatic rings. The van der Waals surface area contributed by atoms with Crippen LogP contribution < -0.4 is 24.0 Å². The summed E-state index contributed by atoms with van der Waals surface area (Å²) in [6, 6.07) is 3.18. The van der Waals surface area contributed by atoms with E-state index in [2.05, 4.69) is 4.99 Å². The second-order valence-corrected chi connectivity index (χ2v) is 5.77. The largest absolute Gasteiger partial charge is 1.00 e. The summed E-state index contributed by atoms with van der Waals surface area (Å²) in [5, 5.41) is 28.5. The molecule has 7 nitrogen and oxygen atoms in total. The van der Waals surface area contributed by atoms with Gasteiger partial charge < -0.3 is 15.3 Å². The molecule has 1 rings (SSSR count). The summed E-state index contributed by atoms with van der Waals surface area (Å²) >= 11 is 0. The number of aliphatic hydroxyl groups excluding tert-OH is 1. The second kappa shape index (κ2) is 7.45. The molecular weight excluding hydrogens is 281 g/mol. The number of rotatable bonds is 5. The first-order valence-corrected chi connectivity index (χ1v) is 6.86. The number of hydrogen-bond donors (Lipinski definition) is 2. The molecule has 0 bridgehead atoms. The predicted octanol–water partition coefficient (Wildman–Crippen LogP) is -3.43. The minimum Gasteiger partial charge on any atom is -0.862 e. The number of carboxylic acid groups (broad SMARTS) is 1. The molecule has 0 spiro atoms. The molecule has 1 aromatic carbocycles. The molecule has 0 heterocycles. The Morgan fingerprint density at radius 3 is 2.45 bits per heavy atom. The van der Waals surface area contributed by atoms with E-state index in [1.807, 2.05) is 0 Å². The van der Waals surface area contributed by atoms with Gasteiger partial charge in [-0.1, -0.05) is 0 Å². The average Bonchev–Trinajstić information content (AvgIpc) is 2.27. The minimum absolute atomic E-state index is 0. The zero-order valence-corrected chi connectivity index (χ0v) is 11.8. The van der Waals surface area contributed by atoms with Gasteiger partial charge in [0.1, 0.15) is 0 Å². The standard InChI is InChI=1S/C11H13NO6S.Li/c1-7(14)12-10-6-8(19(17,18)5-4-13)2-3-9(10)11(15)16;/h2-3,6,13H,4-5H2,1H3,(H,12,14)(H,15,16);/q;+1/p-1. The Morgan fingerprint density at radius 1 is 1.40 bits per heavy atom. The fourth-order valence-electron chi connectivity index (χ4n) is 1.39. The molecule has 20 heavy (non-hydrogen) atoms. The van der Waals surface area contributed by atoms with Gasteiger partial charge in [0, 0.05) is 0 Å². The Morgan fingerprint density at radius 2 is 2.00 bits per heavy atom. The molecule has 104 valence electrons. The van der Waals surface area contributed by atoms with Crippen LogP contribution in [0.4, 0.5) is 5.69 Å². The van der Waals surface area contributed by atoms with E-state index in [1.54, 1.807) is 0 Å². The van der Waals surface area contributed by atoms with Crippen LogP contribution in [0, 0.1) is 0 Å². The Labute approximate surface area is 128 Å². The maximum absolute atomic E-state index is 11.7. The van der Waals surface area contributed by atoms with Crippen molar-refractivity contribution in [2.24, 2.45) is 4.99 Å². The van der Waals surface area contributed by atoms with Crippen molar-refractivity contribution >= 4 is 27.4 Å². The summed E-state index contributed by atoms with van der Waals surface area (Å²) in [6.07, 6.45) is 0. The fraction of sp³-hybridized carbons (Fsp3) is 0.273. The molecule has 0 atom stereocenters. The molecule has 0 saturated carbocycles. The van der Waals surface area contributed by atoms with Gasteiger partial charge in [0.2, 0.25) is 0 Å². The third kappa shape index (κ3) is 4.65. The fourth-order valence-corrected chi connectivity index (χ4v) is 2.43. The maximum atomic E-state index is 11.7. The van der Waals surface area contributed by atoms with Crippen LogP contribution in [-0.4, -0.2) is 42.9 Å². The van der Waals surface area contributed by atoms with Crippen LogP contribution in [0.2, 0.25) is 0 Å². The third-order valence-electron chi connectivity index (χ3n) is 2.20. The van der Waals surface area contributed by atoms with Crippen LogP contribution in [0.5, 0.6) is 0 Å². The van der Waals surface area contributed by atoms with Gasteiger partial charge in [-0.05, 0) is 31.0 Å². The molecule has 0 amide bonds. The van der Waals surface area contributed by atoms with Crippen molar-refractivity contribution in [2.45, 2.75) is 11.8 Å². The van der Waals surface area contributed by atoms with E-state index in [0.717, 1.165) is 25.1 Å². The van der Waals surface area contributed by atoms with Crippen molar-refractivity contribution in [3.8, 4) is 0 Å². The monoisotopic (exact) mass is 293 g/mol. The Bertz CT molecular complexity index is 622.